The zero-order valence-electron chi connectivity index (χ0n) is 25.3. The van der Waals surface area contributed by atoms with E-state index in [0.29, 0.717) is 16.9 Å². The number of amides is 2. The zero-order chi connectivity index (χ0) is 34.2. The largest absolute Gasteiger partial charge is 0.493 e. The summed E-state index contributed by atoms with van der Waals surface area (Å²) in [5.74, 6) is -5.77. The Kier molecular flexibility index (Phi) is 8.37. The van der Waals surface area contributed by atoms with E-state index < -0.39 is 63.5 Å². The number of carbonyl (C=O) groups excluding carboxylic acids is 2. The predicted molar refractivity (Wildman–Crippen MR) is 165 cm³/mol. The summed E-state index contributed by atoms with van der Waals surface area (Å²) in [6, 6.07) is 20.7. The maximum absolute atomic E-state index is 14.2. The number of rotatable bonds is 12. The fourth-order valence-corrected chi connectivity index (χ4v) is 6.51. The Labute approximate surface area is 272 Å². The van der Waals surface area contributed by atoms with Crippen LogP contribution in [0.5, 0.6) is 11.5 Å². The summed E-state index contributed by atoms with van der Waals surface area (Å²) in [4.78, 5) is 63.7. The molecule has 2 aliphatic rings. The van der Waals surface area contributed by atoms with Gasteiger partial charge in [0.05, 0.1) is 36.5 Å². The Morgan fingerprint density at radius 3 is 2.29 bits per heavy atom. The van der Waals surface area contributed by atoms with Crippen LogP contribution in [0.4, 0.5) is 11.6 Å². The Hall–Kier alpha value is -6.09. The lowest BCUT2D eigenvalue weighted by molar-refractivity contribution is -0.402. The van der Waals surface area contributed by atoms with Gasteiger partial charge in [-0.1, -0.05) is 54.6 Å². The average molecular weight is 657 g/mol. The van der Waals surface area contributed by atoms with Gasteiger partial charge in [-0.05, 0) is 23.3 Å². The number of carboxylic acids is 1. The van der Waals surface area contributed by atoms with Crippen LogP contribution in [0.25, 0.3) is 0 Å². The van der Waals surface area contributed by atoms with Crippen molar-refractivity contribution in [3.63, 3.8) is 0 Å². The van der Waals surface area contributed by atoms with Gasteiger partial charge in [0.1, 0.15) is 22.8 Å². The molecule has 2 N–H and O–H groups in total. The van der Waals surface area contributed by atoms with E-state index in [-0.39, 0.29) is 30.2 Å². The number of aliphatic carboxylic acids is 1. The number of methoxy groups -OCH3 is 1. The van der Waals surface area contributed by atoms with E-state index in [1.54, 1.807) is 18.2 Å². The number of likely N-dealkylation sites (tertiary alicyclic amines) is 1. The van der Waals surface area contributed by atoms with Gasteiger partial charge in [0.25, 0.3) is 5.69 Å². The molecule has 48 heavy (non-hydrogen) atoms. The number of ether oxygens (including phenoxy) is 2. The second-order valence-electron chi connectivity index (χ2n) is 11.4. The zero-order valence-corrected chi connectivity index (χ0v) is 25.3. The van der Waals surface area contributed by atoms with Crippen LogP contribution >= 0.6 is 0 Å². The topological polar surface area (TPSA) is 205 Å². The summed E-state index contributed by atoms with van der Waals surface area (Å²) in [5.41, 5.74) is -0.719. The Balaban J connectivity index is 1.45. The van der Waals surface area contributed by atoms with Gasteiger partial charge < -0.3 is 19.0 Å². The van der Waals surface area contributed by atoms with Gasteiger partial charge >= 0.3 is 11.9 Å². The molecule has 4 atom stereocenters. The minimum absolute atomic E-state index is 0.0440. The van der Waals surface area contributed by atoms with Crippen molar-refractivity contribution in [2.45, 2.75) is 31.2 Å². The summed E-state index contributed by atoms with van der Waals surface area (Å²) < 4.78 is 17.0. The van der Waals surface area contributed by atoms with Crippen molar-refractivity contribution in [2.24, 2.45) is 11.8 Å². The number of para-hydroxylation sites is 1. The second-order valence-corrected chi connectivity index (χ2v) is 11.4. The van der Waals surface area contributed by atoms with Gasteiger partial charge in [0.2, 0.25) is 11.8 Å². The van der Waals surface area contributed by atoms with Crippen molar-refractivity contribution in [3.05, 3.63) is 128 Å². The van der Waals surface area contributed by atoms with Gasteiger partial charge in [-0.3, -0.25) is 44.8 Å². The number of imide groups is 1. The standard InChI is InChI=1S/C33H28N4O11/c1-46-24-9-5-8-23(29(24)47-18-20-6-3-2-4-7-20)28-26-27(31(39)35(30(26)38)17-22-14-15-25(48-22)37(44)45)33(34-28,32(40)41)16-19-10-12-21(13-11-19)36(42)43/h2-15,26-28,34H,16-18H2,1H3,(H,40,41). The highest BCUT2D eigenvalue weighted by atomic mass is 16.6. The molecule has 0 radical (unpaired) electrons. The van der Waals surface area contributed by atoms with Gasteiger partial charge in [-0.15, -0.1) is 0 Å². The van der Waals surface area contributed by atoms with Gasteiger partial charge in [0.15, 0.2) is 11.5 Å². The van der Waals surface area contributed by atoms with E-state index in [2.05, 4.69) is 5.32 Å². The molecule has 0 saturated carbocycles. The van der Waals surface area contributed by atoms with E-state index in [4.69, 9.17) is 13.9 Å². The van der Waals surface area contributed by atoms with Crippen molar-refractivity contribution in [2.75, 3.05) is 7.11 Å². The van der Waals surface area contributed by atoms with E-state index in [1.807, 2.05) is 30.3 Å². The van der Waals surface area contributed by atoms with Gasteiger partial charge in [0, 0.05) is 30.2 Å². The third-order valence-electron chi connectivity index (χ3n) is 8.69. The van der Waals surface area contributed by atoms with Crippen LogP contribution in [0.2, 0.25) is 0 Å². The number of hydrogen-bond acceptors (Lipinski definition) is 11. The molecular weight excluding hydrogens is 628 g/mol. The molecule has 2 saturated heterocycles. The maximum Gasteiger partial charge on any atom is 0.433 e. The van der Waals surface area contributed by atoms with Crippen molar-refractivity contribution in [1.29, 1.82) is 0 Å². The van der Waals surface area contributed by atoms with Crippen LogP contribution in [0.15, 0.2) is 89.3 Å². The molecule has 246 valence electrons. The number of hydrogen-bond donors (Lipinski definition) is 2. The van der Waals surface area contributed by atoms with Crippen molar-refractivity contribution >= 4 is 29.4 Å². The molecule has 4 unspecified atom stereocenters. The highest BCUT2D eigenvalue weighted by Crippen LogP contribution is 2.53. The average Bonchev–Trinajstić information content (AvgIpc) is 3.76. The molecule has 15 nitrogen and oxygen atoms in total. The van der Waals surface area contributed by atoms with Crippen LogP contribution in [0.3, 0.4) is 0 Å². The molecule has 0 aliphatic carbocycles. The Morgan fingerprint density at radius 2 is 1.67 bits per heavy atom. The summed E-state index contributed by atoms with van der Waals surface area (Å²) in [6.07, 6.45) is -0.318. The molecule has 2 amide bonds. The molecule has 2 aliphatic heterocycles. The normalized spacial score (nSPS) is 21.6. The highest BCUT2D eigenvalue weighted by Gasteiger charge is 2.68. The van der Waals surface area contributed by atoms with Crippen molar-refractivity contribution in [1.82, 2.24) is 10.2 Å². The monoisotopic (exact) mass is 656 g/mol. The fraction of sp³-hybridized carbons (Fsp3) is 0.242. The first-order valence-electron chi connectivity index (χ1n) is 14.7. The van der Waals surface area contributed by atoms with Crippen molar-refractivity contribution < 1.29 is 43.2 Å². The number of carboxylic acid groups (broad SMARTS) is 1. The summed E-state index contributed by atoms with van der Waals surface area (Å²) in [5, 5.41) is 36.4. The first-order valence-corrected chi connectivity index (χ1v) is 14.7. The second kappa shape index (κ2) is 12.6. The number of carbonyl (C=O) groups is 3. The van der Waals surface area contributed by atoms with Gasteiger partial charge in [-0.25, -0.2) is 0 Å². The van der Waals surface area contributed by atoms with Gasteiger partial charge in [-0.2, -0.15) is 0 Å². The molecule has 6 rings (SSSR count). The number of benzene rings is 3. The van der Waals surface area contributed by atoms with Crippen LogP contribution in [0, 0.1) is 32.1 Å². The molecule has 2 fully saturated rings. The smallest absolute Gasteiger partial charge is 0.433 e. The maximum atomic E-state index is 14.2. The van der Waals surface area contributed by atoms with Crippen LogP contribution in [-0.2, 0) is 34.0 Å². The van der Waals surface area contributed by atoms with E-state index >= 15 is 0 Å². The molecule has 4 aromatic rings. The summed E-state index contributed by atoms with van der Waals surface area (Å²) >= 11 is 0. The fourth-order valence-electron chi connectivity index (χ4n) is 6.51. The van der Waals surface area contributed by atoms with Crippen molar-refractivity contribution in [3.8, 4) is 11.5 Å². The number of furan rings is 1. The molecule has 3 heterocycles. The summed E-state index contributed by atoms with van der Waals surface area (Å²) in [6.45, 7) is -0.355. The van der Waals surface area contributed by atoms with E-state index in [1.165, 1.54) is 37.4 Å². The first-order chi connectivity index (χ1) is 23.0. The molecule has 15 heteroatoms. The molecular formula is C33H28N4O11. The third kappa shape index (κ3) is 5.60. The predicted octanol–water partition coefficient (Wildman–Crippen LogP) is 4.20. The lowest BCUT2D eigenvalue weighted by Gasteiger charge is -2.31. The van der Waals surface area contributed by atoms with Crippen LogP contribution < -0.4 is 14.8 Å². The van der Waals surface area contributed by atoms with Crippen LogP contribution in [-0.4, -0.2) is 50.3 Å². The highest BCUT2D eigenvalue weighted by molar-refractivity contribution is 6.09. The number of nitro benzene ring substituents is 1. The minimum Gasteiger partial charge on any atom is -0.493 e. The number of nitro groups is 2. The SMILES string of the molecule is COc1cccc(C2NC(Cc3ccc([N+](=O)[O-])cc3)(C(=O)O)C3C(=O)N(Cc4ccc([N+](=O)[O-])o4)C(=O)C23)c1OCc1ccccc1. The number of nitrogens with zero attached hydrogens (tertiary/aromatic N) is 3. The minimum atomic E-state index is -2.07. The third-order valence-corrected chi connectivity index (χ3v) is 8.69. The molecule has 0 spiro atoms. The first kappa shape index (κ1) is 31.9. The Morgan fingerprint density at radius 1 is 0.938 bits per heavy atom. The quantitative estimate of drug-likeness (QED) is 0.125. The van der Waals surface area contributed by atoms with Crippen LogP contribution in [0.1, 0.15) is 28.5 Å². The molecule has 0 bridgehead atoms. The Bertz CT molecular complexity index is 1910. The lowest BCUT2D eigenvalue weighted by Crippen LogP contribution is -2.57. The van der Waals surface area contributed by atoms with E-state index in [0.717, 1.165) is 16.5 Å². The number of non-ortho nitro benzene ring substituents is 1. The molecule has 3 aromatic carbocycles. The summed E-state index contributed by atoms with van der Waals surface area (Å²) in [7, 11) is 1.43. The molecule has 1 aromatic heterocycles. The lowest BCUT2D eigenvalue weighted by atomic mass is 9.76. The van der Waals surface area contributed by atoms with E-state index in [9.17, 15) is 39.7 Å². The number of nitrogens with one attached hydrogen (secondary N) is 1. The number of fused-ring (bicyclic) bond motifs is 1.